The molecule has 0 aliphatic rings. The van der Waals surface area contributed by atoms with Crippen LogP contribution in [0.3, 0.4) is 0 Å². The summed E-state index contributed by atoms with van der Waals surface area (Å²) in [4.78, 5) is 12.9. The molecule has 0 fully saturated rings. The number of benzene rings is 2. The molecule has 16 heavy (non-hydrogen) atoms. The zero-order valence-electron chi connectivity index (χ0n) is 9.40. The lowest BCUT2D eigenvalue weighted by molar-refractivity contribution is 0.112. The number of hydrogen-bond donors (Lipinski definition) is 0. The zero-order valence-corrected chi connectivity index (χ0v) is 9.40. The Balaban J connectivity index is 2.75. The van der Waals surface area contributed by atoms with E-state index in [9.17, 15) is 4.79 Å². The molecule has 2 aromatic carbocycles. The number of carbonyl (C=O) groups excluding carboxylic acids is 1. The summed E-state index contributed by atoms with van der Waals surface area (Å²) < 4.78 is 0. The maximum absolute atomic E-state index is 11.0. The van der Waals surface area contributed by atoms with Crippen molar-refractivity contribution < 1.29 is 4.79 Å². The maximum atomic E-state index is 11.0. The second-order valence-corrected chi connectivity index (χ2v) is 4.03. The van der Waals surface area contributed by atoms with Crippen molar-refractivity contribution in [3.63, 3.8) is 0 Å². The van der Waals surface area contributed by atoms with E-state index in [1.54, 1.807) is 0 Å². The average Bonchev–Trinajstić information content (AvgIpc) is 2.26. The first-order valence-corrected chi connectivity index (χ1v) is 5.07. The van der Waals surface area contributed by atoms with Crippen molar-refractivity contribution in [1.82, 2.24) is 0 Å². The number of carbonyl (C=O) groups is 1. The largest absolute Gasteiger partial charge is 0.377 e. The van der Waals surface area contributed by atoms with Crippen LogP contribution < -0.4 is 10.4 Å². The molecule has 0 atom stereocenters. The van der Waals surface area contributed by atoms with Crippen molar-refractivity contribution in [3.8, 4) is 0 Å². The second-order valence-electron chi connectivity index (χ2n) is 4.03. The summed E-state index contributed by atoms with van der Waals surface area (Å²) in [5.41, 5.74) is 2.32. The summed E-state index contributed by atoms with van der Waals surface area (Å²) >= 11 is 0. The van der Waals surface area contributed by atoms with Gasteiger partial charge in [0.05, 0.1) is 0 Å². The number of hydrogen-bond acceptors (Lipinski definition) is 2. The van der Waals surface area contributed by atoms with Crippen LogP contribution in [0.5, 0.6) is 0 Å². The van der Waals surface area contributed by atoms with Gasteiger partial charge in [0.1, 0.15) is 7.85 Å². The van der Waals surface area contributed by atoms with Crippen LogP contribution in [0.1, 0.15) is 10.4 Å². The predicted octanol–water partition coefficient (Wildman–Crippen LogP) is 1.51. The zero-order chi connectivity index (χ0) is 11.7. The molecule has 0 unspecified atom stereocenters. The molecular weight excluding hydrogens is 197 g/mol. The Bertz CT molecular complexity index is 549. The first-order valence-electron chi connectivity index (χ1n) is 5.07. The number of rotatable bonds is 2. The molecule has 0 amide bonds. The SMILES string of the molecule is [B]c1ccc2cc(N(C)C)c(C=O)cc2c1. The number of anilines is 1. The van der Waals surface area contributed by atoms with Crippen LogP contribution in [-0.4, -0.2) is 28.2 Å². The maximum Gasteiger partial charge on any atom is 0.152 e. The Kier molecular flexibility index (Phi) is 2.69. The molecule has 2 rings (SSSR count). The molecule has 0 aliphatic heterocycles. The molecule has 0 heterocycles. The molecule has 2 aromatic rings. The van der Waals surface area contributed by atoms with E-state index in [2.05, 4.69) is 0 Å². The van der Waals surface area contributed by atoms with Crippen LogP contribution >= 0.6 is 0 Å². The first-order chi connectivity index (χ1) is 7.61. The summed E-state index contributed by atoms with van der Waals surface area (Å²) in [6.07, 6.45) is 0.873. The third kappa shape index (κ3) is 1.81. The number of aldehydes is 1. The third-order valence-corrected chi connectivity index (χ3v) is 2.62. The summed E-state index contributed by atoms with van der Waals surface area (Å²) in [5, 5.41) is 2.08. The Labute approximate surface area is 96.3 Å². The van der Waals surface area contributed by atoms with Crippen LogP contribution in [0, 0.1) is 0 Å². The van der Waals surface area contributed by atoms with Gasteiger partial charge in [0.2, 0.25) is 0 Å². The van der Waals surface area contributed by atoms with Crippen LogP contribution in [0.4, 0.5) is 5.69 Å². The van der Waals surface area contributed by atoms with Gasteiger partial charge in [-0.05, 0) is 22.9 Å². The van der Waals surface area contributed by atoms with Crippen molar-refractivity contribution in [1.29, 1.82) is 0 Å². The average molecular weight is 209 g/mol. The summed E-state index contributed by atoms with van der Waals surface area (Å²) in [7, 11) is 9.56. The minimum absolute atomic E-state index is 0.683. The molecule has 2 radical (unpaired) electrons. The molecule has 3 heteroatoms. The van der Waals surface area contributed by atoms with Gasteiger partial charge in [-0.25, -0.2) is 0 Å². The van der Waals surface area contributed by atoms with Gasteiger partial charge in [0.15, 0.2) is 6.29 Å². The van der Waals surface area contributed by atoms with Crippen molar-refractivity contribution in [3.05, 3.63) is 35.9 Å². The molecule has 0 N–H and O–H groups in total. The highest BCUT2D eigenvalue weighted by atomic mass is 16.1. The lowest BCUT2D eigenvalue weighted by Gasteiger charge is -2.16. The van der Waals surface area contributed by atoms with E-state index < -0.39 is 0 Å². The fraction of sp³-hybridized carbons (Fsp3) is 0.154. The van der Waals surface area contributed by atoms with Crippen LogP contribution in [0.15, 0.2) is 30.3 Å². The highest BCUT2D eigenvalue weighted by Gasteiger charge is 2.05. The fourth-order valence-corrected chi connectivity index (χ4v) is 1.80. The van der Waals surface area contributed by atoms with E-state index in [0.717, 1.165) is 22.7 Å². The highest BCUT2D eigenvalue weighted by molar-refractivity contribution is 6.33. The van der Waals surface area contributed by atoms with Crippen molar-refractivity contribution in [2.45, 2.75) is 0 Å². The van der Waals surface area contributed by atoms with Crippen LogP contribution in [0.25, 0.3) is 10.8 Å². The molecule has 0 saturated heterocycles. The summed E-state index contributed by atoms with van der Waals surface area (Å²) in [6, 6.07) is 9.57. The normalized spacial score (nSPS) is 10.4. The third-order valence-electron chi connectivity index (χ3n) is 2.62. The van der Waals surface area contributed by atoms with E-state index in [1.165, 1.54) is 0 Å². The smallest absolute Gasteiger partial charge is 0.152 e. The van der Waals surface area contributed by atoms with E-state index in [-0.39, 0.29) is 0 Å². The topological polar surface area (TPSA) is 20.3 Å². The lowest BCUT2D eigenvalue weighted by Crippen LogP contribution is -2.11. The quantitative estimate of drug-likeness (QED) is 0.552. The Morgan fingerprint density at radius 3 is 2.50 bits per heavy atom. The molecule has 0 saturated carbocycles. The van der Waals surface area contributed by atoms with E-state index in [1.807, 2.05) is 49.3 Å². The molecule has 2 nitrogen and oxygen atoms in total. The standard InChI is InChI=1S/C13H12BNO/c1-15(2)13-7-9-3-4-12(14)6-10(9)5-11(13)8-16/h3-8H,1-2H3. The second kappa shape index (κ2) is 4.01. The van der Waals surface area contributed by atoms with Gasteiger partial charge in [-0.3, -0.25) is 4.79 Å². The molecule has 78 valence electrons. The fourth-order valence-electron chi connectivity index (χ4n) is 1.80. The molecule has 0 bridgehead atoms. The molecule has 0 aromatic heterocycles. The van der Waals surface area contributed by atoms with Crippen molar-refractivity contribution in [2.24, 2.45) is 0 Å². The Morgan fingerprint density at radius 2 is 1.88 bits per heavy atom. The minimum Gasteiger partial charge on any atom is -0.377 e. The predicted molar refractivity (Wildman–Crippen MR) is 69.1 cm³/mol. The van der Waals surface area contributed by atoms with Gasteiger partial charge < -0.3 is 4.90 Å². The van der Waals surface area contributed by atoms with Crippen LogP contribution in [-0.2, 0) is 0 Å². The number of nitrogens with zero attached hydrogens (tertiary/aromatic N) is 1. The van der Waals surface area contributed by atoms with Crippen LogP contribution in [0.2, 0.25) is 0 Å². The molecule has 0 spiro atoms. The van der Waals surface area contributed by atoms with Crippen molar-refractivity contribution in [2.75, 3.05) is 19.0 Å². The van der Waals surface area contributed by atoms with Gasteiger partial charge >= 0.3 is 0 Å². The number of fused-ring (bicyclic) bond motifs is 1. The Morgan fingerprint density at radius 1 is 1.12 bits per heavy atom. The van der Waals surface area contributed by atoms with Gasteiger partial charge in [-0.2, -0.15) is 0 Å². The first kappa shape index (κ1) is 10.7. The van der Waals surface area contributed by atoms with E-state index in [4.69, 9.17) is 7.85 Å². The lowest BCUT2D eigenvalue weighted by atomic mass is 9.92. The minimum atomic E-state index is 0.683. The van der Waals surface area contributed by atoms with Gasteiger partial charge in [-0.15, -0.1) is 0 Å². The van der Waals surface area contributed by atoms with E-state index in [0.29, 0.717) is 11.0 Å². The van der Waals surface area contributed by atoms with Gasteiger partial charge in [0, 0.05) is 25.3 Å². The summed E-state index contributed by atoms with van der Waals surface area (Å²) in [5.74, 6) is 0. The monoisotopic (exact) mass is 209 g/mol. The molecular formula is C13H12BNO. The van der Waals surface area contributed by atoms with Gasteiger partial charge in [-0.1, -0.05) is 23.7 Å². The molecule has 0 aliphatic carbocycles. The van der Waals surface area contributed by atoms with Gasteiger partial charge in [0.25, 0.3) is 0 Å². The van der Waals surface area contributed by atoms with E-state index >= 15 is 0 Å². The van der Waals surface area contributed by atoms with Crippen molar-refractivity contribution >= 4 is 36.1 Å². The summed E-state index contributed by atoms with van der Waals surface area (Å²) in [6.45, 7) is 0. The highest BCUT2D eigenvalue weighted by Crippen LogP contribution is 2.24. The Hall–Kier alpha value is -1.77.